The van der Waals surface area contributed by atoms with Gasteiger partial charge in [-0.2, -0.15) is 0 Å². The van der Waals surface area contributed by atoms with E-state index in [0.29, 0.717) is 0 Å². The number of hydrogen-bond donors (Lipinski definition) is 0. The molecule has 0 aromatic heterocycles. The lowest BCUT2D eigenvalue weighted by atomic mass is 9.93. The molecule has 100 valence electrons. The van der Waals surface area contributed by atoms with Crippen molar-refractivity contribution in [3.63, 3.8) is 0 Å². The van der Waals surface area contributed by atoms with Crippen molar-refractivity contribution in [1.29, 1.82) is 0 Å². The topological polar surface area (TPSA) is 9.23 Å². The van der Waals surface area contributed by atoms with Crippen LogP contribution in [0.5, 0.6) is 0 Å². The van der Waals surface area contributed by atoms with Crippen LogP contribution in [0.3, 0.4) is 0 Å². The van der Waals surface area contributed by atoms with Crippen LogP contribution in [0.25, 0.3) is 0 Å². The molecule has 1 fully saturated rings. The van der Waals surface area contributed by atoms with Gasteiger partial charge in [0.25, 0.3) is 0 Å². The molecular formula is C15H30OSi. The van der Waals surface area contributed by atoms with Crippen LogP contribution in [0.1, 0.15) is 59.3 Å². The molecule has 1 heterocycles. The molecule has 1 aliphatic heterocycles. The van der Waals surface area contributed by atoms with Crippen molar-refractivity contribution in [2.75, 3.05) is 0 Å². The van der Waals surface area contributed by atoms with Gasteiger partial charge in [0.15, 0.2) is 8.32 Å². The van der Waals surface area contributed by atoms with Crippen LogP contribution in [0.15, 0.2) is 12.7 Å². The Kier molecular flexibility index (Phi) is 5.94. The first kappa shape index (κ1) is 15.0. The van der Waals surface area contributed by atoms with E-state index in [9.17, 15) is 0 Å². The minimum Gasteiger partial charge on any atom is -0.408 e. The van der Waals surface area contributed by atoms with Crippen LogP contribution in [-0.4, -0.2) is 13.9 Å². The van der Waals surface area contributed by atoms with Gasteiger partial charge in [-0.3, -0.25) is 0 Å². The summed E-state index contributed by atoms with van der Waals surface area (Å²) in [5.74, 6) is 0. The lowest BCUT2D eigenvalue weighted by molar-refractivity contribution is 0.0681. The molecule has 0 amide bonds. The summed E-state index contributed by atoms with van der Waals surface area (Å²) in [5.41, 5.74) is 0.0313. The first-order valence-electron chi connectivity index (χ1n) is 7.49. The van der Waals surface area contributed by atoms with Gasteiger partial charge in [0.05, 0.1) is 5.60 Å². The van der Waals surface area contributed by atoms with Gasteiger partial charge in [-0.25, -0.2) is 0 Å². The molecule has 1 saturated heterocycles. The molecule has 0 aromatic rings. The maximum Gasteiger partial charge on any atom is 0.194 e. The summed E-state index contributed by atoms with van der Waals surface area (Å²) in [5, 5.41) is 0. The predicted octanol–water partition coefficient (Wildman–Crippen LogP) is 5.29. The average molecular weight is 254 g/mol. The Bertz CT molecular complexity index is 224. The summed E-state index contributed by atoms with van der Waals surface area (Å²) in [6.45, 7) is 10.9. The Hall–Kier alpha value is -0.0831. The van der Waals surface area contributed by atoms with Crippen LogP contribution in [0.2, 0.25) is 18.1 Å². The highest BCUT2D eigenvalue weighted by molar-refractivity contribution is 6.74. The van der Waals surface area contributed by atoms with Crippen LogP contribution < -0.4 is 0 Å². The summed E-state index contributed by atoms with van der Waals surface area (Å²) >= 11 is 0. The Balaban J connectivity index is 2.81. The van der Waals surface area contributed by atoms with E-state index < -0.39 is 8.32 Å². The van der Waals surface area contributed by atoms with E-state index in [0.717, 1.165) is 0 Å². The molecule has 1 atom stereocenters. The standard InChI is InChI=1S/C15H30OSi/c1-5-10-15(8-4)11-9-14-17(16-15,12-6-2)13-7-3/h8H,4-7,9-14H2,1-3H3. The fourth-order valence-electron chi connectivity index (χ4n) is 3.48. The van der Waals surface area contributed by atoms with Crippen molar-refractivity contribution in [2.24, 2.45) is 0 Å². The van der Waals surface area contributed by atoms with Crippen molar-refractivity contribution in [2.45, 2.75) is 83.0 Å². The van der Waals surface area contributed by atoms with Crippen LogP contribution in [0, 0.1) is 0 Å². The van der Waals surface area contributed by atoms with E-state index in [2.05, 4.69) is 33.4 Å². The van der Waals surface area contributed by atoms with Crippen molar-refractivity contribution in [1.82, 2.24) is 0 Å². The fraction of sp³-hybridized carbons (Fsp3) is 0.867. The second-order valence-electron chi connectivity index (χ2n) is 5.66. The molecule has 1 unspecified atom stereocenters. The quantitative estimate of drug-likeness (QED) is 0.443. The summed E-state index contributed by atoms with van der Waals surface area (Å²) in [7, 11) is -1.45. The molecular weight excluding hydrogens is 224 g/mol. The Labute approximate surface area is 109 Å². The Morgan fingerprint density at radius 1 is 1.18 bits per heavy atom. The Morgan fingerprint density at radius 3 is 2.29 bits per heavy atom. The lowest BCUT2D eigenvalue weighted by Crippen LogP contribution is -2.50. The zero-order valence-corrected chi connectivity index (χ0v) is 13.1. The third-order valence-corrected chi connectivity index (χ3v) is 9.04. The van der Waals surface area contributed by atoms with Gasteiger partial charge < -0.3 is 4.43 Å². The normalized spacial score (nSPS) is 27.9. The first-order valence-corrected chi connectivity index (χ1v) is 10.0. The largest absolute Gasteiger partial charge is 0.408 e. The van der Waals surface area contributed by atoms with E-state index in [1.165, 1.54) is 56.7 Å². The zero-order valence-electron chi connectivity index (χ0n) is 12.1. The molecule has 0 bridgehead atoms. The summed E-state index contributed by atoms with van der Waals surface area (Å²) < 4.78 is 6.75. The van der Waals surface area contributed by atoms with Gasteiger partial charge in [-0.15, -0.1) is 6.58 Å². The molecule has 1 rings (SSSR count). The SMILES string of the molecule is C=CC1(CCC)CCC[Si](CCC)(CCC)O1. The maximum atomic E-state index is 6.75. The van der Waals surface area contributed by atoms with E-state index in [1.807, 2.05) is 0 Å². The van der Waals surface area contributed by atoms with E-state index >= 15 is 0 Å². The van der Waals surface area contributed by atoms with E-state index in [1.54, 1.807) is 0 Å². The molecule has 0 spiro atoms. The molecule has 1 nitrogen and oxygen atoms in total. The summed E-state index contributed by atoms with van der Waals surface area (Å²) in [4.78, 5) is 0. The molecule has 0 aliphatic carbocycles. The van der Waals surface area contributed by atoms with Crippen LogP contribution >= 0.6 is 0 Å². The summed E-state index contributed by atoms with van der Waals surface area (Å²) in [6.07, 6.45) is 9.61. The zero-order chi connectivity index (χ0) is 12.8. The predicted molar refractivity (Wildman–Crippen MR) is 78.9 cm³/mol. The third kappa shape index (κ3) is 3.69. The van der Waals surface area contributed by atoms with Crippen molar-refractivity contribution < 1.29 is 4.43 Å². The van der Waals surface area contributed by atoms with Gasteiger partial charge in [0.1, 0.15) is 0 Å². The van der Waals surface area contributed by atoms with Gasteiger partial charge in [0, 0.05) is 0 Å². The fourth-order valence-corrected chi connectivity index (χ4v) is 8.33. The van der Waals surface area contributed by atoms with Crippen molar-refractivity contribution in [3.8, 4) is 0 Å². The van der Waals surface area contributed by atoms with Gasteiger partial charge in [-0.05, 0) is 31.0 Å². The van der Waals surface area contributed by atoms with Gasteiger partial charge >= 0.3 is 0 Å². The van der Waals surface area contributed by atoms with Gasteiger partial charge in [0.2, 0.25) is 0 Å². The lowest BCUT2D eigenvalue weighted by Gasteiger charge is -2.46. The number of rotatable bonds is 7. The Morgan fingerprint density at radius 2 is 1.82 bits per heavy atom. The highest BCUT2D eigenvalue weighted by Crippen LogP contribution is 2.42. The highest BCUT2D eigenvalue weighted by Gasteiger charge is 2.44. The maximum absolute atomic E-state index is 6.75. The van der Waals surface area contributed by atoms with Crippen LogP contribution in [0.4, 0.5) is 0 Å². The van der Waals surface area contributed by atoms with Crippen molar-refractivity contribution >= 4 is 8.32 Å². The minimum absolute atomic E-state index is 0.0313. The molecule has 1 aliphatic rings. The molecule has 0 saturated carbocycles. The smallest absolute Gasteiger partial charge is 0.194 e. The first-order chi connectivity index (χ1) is 8.16. The van der Waals surface area contributed by atoms with Crippen LogP contribution in [-0.2, 0) is 4.43 Å². The molecule has 0 N–H and O–H groups in total. The minimum atomic E-state index is -1.45. The molecule has 2 heteroatoms. The number of hydrogen-bond acceptors (Lipinski definition) is 1. The van der Waals surface area contributed by atoms with E-state index in [-0.39, 0.29) is 5.60 Å². The molecule has 0 radical (unpaired) electrons. The van der Waals surface area contributed by atoms with E-state index in [4.69, 9.17) is 4.43 Å². The van der Waals surface area contributed by atoms with Gasteiger partial charge in [-0.1, -0.05) is 52.5 Å². The second-order valence-corrected chi connectivity index (χ2v) is 9.73. The second kappa shape index (κ2) is 6.74. The average Bonchev–Trinajstić information content (AvgIpc) is 2.30. The monoisotopic (exact) mass is 254 g/mol. The third-order valence-electron chi connectivity index (χ3n) is 4.11. The van der Waals surface area contributed by atoms with Crippen molar-refractivity contribution in [3.05, 3.63) is 12.7 Å². The highest BCUT2D eigenvalue weighted by atomic mass is 28.4. The molecule has 0 aromatic carbocycles. The summed E-state index contributed by atoms with van der Waals surface area (Å²) in [6, 6.07) is 4.08. The molecule has 17 heavy (non-hydrogen) atoms.